The van der Waals surface area contributed by atoms with Gasteiger partial charge in [-0.3, -0.25) is 10.1 Å². The predicted molar refractivity (Wildman–Crippen MR) is 74.5 cm³/mol. The van der Waals surface area contributed by atoms with Gasteiger partial charge in [-0.2, -0.15) is 0 Å². The molecule has 98 valence electrons. The highest BCUT2D eigenvalue weighted by atomic mass is 127. The number of nitrogens with zero attached hydrogens (tertiary/aromatic N) is 3. The molecular formula is C11H8IN3O4. The fourth-order valence-electron chi connectivity index (χ4n) is 1.33. The lowest BCUT2D eigenvalue weighted by atomic mass is 10.3. The Hall–Kier alpha value is -1.97. The molecule has 0 fully saturated rings. The molecule has 0 radical (unpaired) electrons. The minimum atomic E-state index is -0.541. The number of hydrogen-bond acceptors (Lipinski definition) is 6. The minimum absolute atomic E-state index is 0.125. The van der Waals surface area contributed by atoms with Crippen molar-refractivity contribution in [2.45, 2.75) is 0 Å². The second-order valence-corrected chi connectivity index (χ2v) is 4.62. The lowest BCUT2D eigenvalue weighted by Gasteiger charge is -2.05. The molecule has 0 unspecified atom stereocenters. The van der Waals surface area contributed by atoms with Gasteiger partial charge in [-0.1, -0.05) is 0 Å². The van der Waals surface area contributed by atoms with Gasteiger partial charge < -0.3 is 9.47 Å². The van der Waals surface area contributed by atoms with Crippen molar-refractivity contribution in [3.8, 4) is 17.5 Å². The number of hydrogen-bond donors (Lipinski definition) is 0. The number of rotatable bonds is 4. The van der Waals surface area contributed by atoms with Crippen molar-refractivity contribution in [3.63, 3.8) is 0 Å². The van der Waals surface area contributed by atoms with E-state index >= 15 is 0 Å². The van der Waals surface area contributed by atoms with Gasteiger partial charge in [-0.05, 0) is 34.7 Å². The molecule has 0 atom stereocenters. The van der Waals surface area contributed by atoms with Crippen LogP contribution in [-0.2, 0) is 0 Å². The molecule has 0 saturated carbocycles. The molecular weight excluding hydrogens is 365 g/mol. The third kappa shape index (κ3) is 3.28. The smallest absolute Gasteiger partial charge is 0.321 e. The maximum absolute atomic E-state index is 10.9. The van der Waals surface area contributed by atoms with Crippen molar-refractivity contribution in [2.24, 2.45) is 0 Å². The average Bonchev–Trinajstić information content (AvgIpc) is 2.41. The first-order valence-corrected chi connectivity index (χ1v) is 6.16. The number of aromatic nitrogens is 2. The van der Waals surface area contributed by atoms with Crippen LogP contribution in [0.15, 0.2) is 30.6 Å². The van der Waals surface area contributed by atoms with E-state index in [0.717, 1.165) is 3.57 Å². The SMILES string of the molecule is COc1ccc(Oc2ncc(I)cn2)cc1[N+](=O)[O-]. The number of benzene rings is 1. The van der Waals surface area contributed by atoms with E-state index in [2.05, 4.69) is 32.6 Å². The summed E-state index contributed by atoms with van der Waals surface area (Å²) in [5, 5.41) is 10.9. The third-order valence-corrected chi connectivity index (χ3v) is 2.71. The highest BCUT2D eigenvalue weighted by molar-refractivity contribution is 14.1. The fourth-order valence-corrected chi connectivity index (χ4v) is 1.61. The molecule has 1 aromatic carbocycles. The number of methoxy groups -OCH3 is 1. The van der Waals surface area contributed by atoms with Gasteiger partial charge in [-0.15, -0.1) is 0 Å². The lowest BCUT2D eigenvalue weighted by molar-refractivity contribution is -0.385. The first-order valence-electron chi connectivity index (χ1n) is 5.08. The lowest BCUT2D eigenvalue weighted by Crippen LogP contribution is -1.96. The van der Waals surface area contributed by atoms with Crippen LogP contribution in [0.2, 0.25) is 0 Å². The Morgan fingerprint density at radius 3 is 2.58 bits per heavy atom. The first kappa shape index (κ1) is 13.5. The molecule has 0 amide bonds. The van der Waals surface area contributed by atoms with Crippen LogP contribution >= 0.6 is 22.6 Å². The zero-order valence-corrected chi connectivity index (χ0v) is 11.9. The van der Waals surface area contributed by atoms with Crippen LogP contribution in [0.3, 0.4) is 0 Å². The maximum Gasteiger partial charge on any atom is 0.321 e. The van der Waals surface area contributed by atoms with Gasteiger partial charge in [-0.25, -0.2) is 9.97 Å². The first-order chi connectivity index (χ1) is 9.10. The van der Waals surface area contributed by atoms with Gasteiger partial charge >= 0.3 is 11.7 Å². The largest absolute Gasteiger partial charge is 0.490 e. The van der Waals surface area contributed by atoms with E-state index in [4.69, 9.17) is 9.47 Å². The van der Waals surface area contributed by atoms with Crippen molar-refractivity contribution in [3.05, 3.63) is 44.3 Å². The van der Waals surface area contributed by atoms with E-state index in [1.165, 1.54) is 19.2 Å². The number of halogens is 1. The third-order valence-electron chi connectivity index (χ3n) is 2.15. The maximum atomic E-state index is 10.9. The van der Waals surface area contributed by atoms with Crippen LogP contribution in [0.25, 0.3) is 0 Å². The fraction of sp³-hybridized carbons (Fsp3) is 0.0909. The van der Waals surface area contributed by atoms with Gasteiger partial charge in [0.05, 0.1) is 18.1 Å². The van der Waals surface area contributed by atoms with Gasteiger partial charge in [0, 0.05) is 16.0 Å². The molecule has 2 rings (SSSR count). The van der Waals surface area contributed by atoms with E-state index < -0.39 is 4.92 Å². The summed E-state index contributed by atoms with van der Waals surface area (Å²) in [4.78, 5) is 18.2. The Morgan fingerprint density at radius 2 is 2.00 bits per heavy atom. The molecule has 8 heteroatoms. The van der Waals surface area contributed by atoms with Gasteiger partial charge in [0.15, 0.2) is 5.75 Å². The Kier molecular flexibility index (Phi) is 4.10. The van der Waals surface area contributed by atoms with Crippen LogP contribution in [0.4, 0.5) is 5.69 Å². The predicted octanol–water partition coefficient (Wildman–Crippen LogP) is 2.79. The van der Waals surface area contributed by atoms with Crippen molar-refractivity contribution >= 4 is 28.3 Å². The molecule has 7 nitrogen and oxygen atoms in total. The van der Waals surface area contributed by atoms with Crippen LogP contribution in [0, 0.1) is 13.7 Å². The highest BCUT2D eigenvalue weighted by Crippen LogP contribution is 2.32. The summed E-state index contributed by atoms with van der Waals surface area (Å²) < 4.78 is 11.1. The summed E-state index contributed by atoms with van der Waals surface area (Å²) >= 11 is 2.06. The second-order valence-electron chi connectivity index (χ2n) is 3.38. The molecule has 0 aliphatic rings. The van der Waals surface area contributed by atoms with Crippen LogP contribution in [0.5, 0.6) is 17.5 Å². The Labute approximate surface area is 121 Å². The van der Waals surface area contributed by atoms with Gasteiger partial charge in [0.2, 0.25) is 0 Å². The van der Waals surface area contributed by atoms with E-state index in [-0.39, 0.29) is 23.2 Å². The van der Waals surface area contributed by atoms with Crippen LogP contribution in [0.1, 0.15) is 0 Å². The Morgan fingerprint density at radius 1 is 1.32 bits per heavy atom. The van der Waals surface area contributed by atoms with Crippen LogP contribution in [-0.4, -0.2) is 22.0 Å². The normalized spacial score (nSPS) is 10.0. The monoisotopic (exact) mass is 373 g/mol. The van der Waals surface area contributed by atoms with Crippen LogP contribution < -0.4 is 9.47 Å². The van der Waals surface area contributed by atoms with E-state index in [9.17, 15) is 10.1 Å². The quantitative estimate of drug-likeness (QED) is 0.465. The number of nitro groups is 1. The topological polar surface area (TPSA) is 87.4 Å². The highest BCUT2D eigenvalue weighted by Gasteiger charge is 2.16. The molecule has 0 bridgehead atoms. The zero-order valence-electron chi connectivity index (χ0n) is 9.74. The second kappa shape index (κ2) is 5.78. The average molecular weight is 373 g/mol. The summed E-state index contributed by atoms with van der Waals surface area (Å²) in [6.07, 6.45) is 3.17. The molecule has 2 aromatic rings. The summed E-state index contributed by atoms with van der Waals surface area (Å²) in [5.41, 5.74) is -0.175. The molecule has 0 aliphatic carbocycles. The van der Waals surface area contributed by atoms with E-state index in [1.807, 2.05) is 0 Å². The molecule has 0 N–H and O–H groups in total. The molecule has 19 heavy (non-hydrogen) atoms. The Bertz CT molecular complexity index is 603. The van der Waals surface area contributed by atoms with Crippen molar-refractivity contribution in [1.29, 1.82) is 0 Å². The summed E-state index contributed by atoms with van der Waals surface area (Å²) in [6, 6.07) is 4.40. The molecule has 1 aromatic heterocycles. The summed E-state index contributed by atoms with van der Waals surface area (Å²) in [6.45, 7) is 0. The summed E-state index contributed by atoms with van der Waals surface area (Å²) in [7, 11) is 1.37. The number of ether oxygens (including phenoxy) is 2. The molecule has 1 heterocycles. The van der Waals surface area contributed by atoms with E-state index in [0.29, 0.717) is 0 Å². The van der Waals surface area contributed by atoms with Gasteiger partial charge in [0.1, 0.15) is 5.75 Å². The van der Waals surface area contributed by atoms with Crippen molar-refractivity contribution in [2.75, 3.05) is 7.11 Å². The Balaban J connectivity index is 2.28. The van der Waals surface area contributed by atoms with Crippen molar-refractivity contribution < 1.29 is 14.4 Å². The molecule has 0 saturated heterocycles. The van der Waals surface area contributed by atoms with Gasteiger partial charge in [0.25, 0.3) is 0 Å². The molecule has 0 aliphatic heterocycles. The van der Waals surface area contributed by atoms with E-state index in [1.54, 1.807) is 18.5 Å². The standard InChI is InChI=1S/C11H8IN3O4/c1-18-10-3-2-8(4-9(10)15(16)17)19-11-13-5-7(12)6-14-11/h2-6H,1H3. The van der Waals surface area contributed by atoms with Crippen molar-refractivity contribution in [1.82, 2.24) is 9.97 Å². The summed E-state index contributed by atoms with van der Waals surface area (Å²) in [5.74, 6) is 0.439. The number of nitro benzene ring substituents is 1. The molecule has 0 spiro atoms. The zero-order chi connectivity index (χ0) is 13.8. The minimum Gasteiger partial charge on any atom is -0.490 e.